The number of amides is 1. The van der Waals surface area contributed by atoms with Crippen molar-refractivity contribution in [2.45, 2.75) is 19.4 Å². The molecule has 0 saturated heterocycles. The lowest BCUT2D eigenvalue weighted by Gasteiger charge is -2.25. The number of nitrogens with one attached hydrogen (secondary N) is 1. The van der Waals surface area contributed by atoms with Gasteiger partial charge in [-0.3, -0.25) is 4.79 Å². The third kappa shape index (κ3) is 3.77. The first-order chi connectivity index (χ1) is 10.5. The Bertz CT molecular complexity index is 614. The van der Waals surface area contributed by atoms with Gasteiger partial charge in [0.2, 0.25) is 0 Å². The third-order valence-electron chi connectivity index (χ3n) is 4.03. The van der Waals surface area contributed by atoms with E-state index in [1.165, 1.54) is 11.1 Å². The molecule has 2 aromatic rings. The maximum absolute atomic E-state index is 12.2. The van der Waals surface area contributed by atoms with Crippen LogP contribution in [0.15, 0.2) is 42.6 Å². The van der Waals surface area contributed by atoms with Gasteiger partial charge in [0.25, 0.3) is 5.91 Å². The van der Waals surface area contributed by atoms with Crippen LogP contribution in [-0.2, 0) is 13.5 Å². The zero-order chi connectivity index (χ0) is 16.1. The van der Waals surface area contributed by atoms with Gasteiger partial charge >= 0.3 is 0 Å². The van der Waals surface area contributed by atoms with Gasteiger partial charge in [-0.25, -0.2) is 0 Å². The number of likely N-dealkylation sites (N-methyl/N-ethyl adjacent to an activating group) is 1. The minimum Gasteiger partial charge on any atom is -0.349 e. The van der Waals surface area contributed by atoms with Crippen LogP contribution < -0.4 is 5.32 Å². The molecule has 2 rings (SSSR count). The van der Waals surface area contributed by atoms with Gasteiger partial charge in [0, 0.05) is 19.8 Å². The van der Waals surface area contributed by atoms with E-state index >= 15 is 0 Å². The summed E-state index contributed by atoms with van der Waals surface area (Å²) in [7, 11) is 5.95. The second kappa shape index (κ2) is 7.27. The number of hydrogen-bond acceptors (Lipinski definition) is 2. The molecule has 1 amide bonds. The van der Waals surface area contributed by atoms with E-state index in [0.717, 1.165) is 6.42 Å². The summed E-state index contributed by atoms with van der Waals surface area (Å²) < 4.78 is 1.83. The summed E-state index contributed by atoms with van der Waals surface area (Å²) in [6.45, 7) is 2.74. The Morgan fingerprint density at radius 1 is 1.23 bits per heavy atom. The lowest BCUT2D eigenvalue weighted by Crippen LogP contribution is -2.35. The maximum Gasteiger partial charge on any atom is 0.267 e. The molecule has 0 spiro atoms. The maximum atomic E-state index is 12.2. The molecule has 22 heavy (non-hydrogen) atoms. The molecule has 0 fully saturated rings. The van der Waals surface area contributed by atoms with E-state index < -0.39 is 0 Å². The van der Waals surface area contributed by atoms with Gasteiger partial charge in [0.15, 0.2) is 0 Å². The van der Waals surface area contributed by atoms with Crippen LogP contribution >= 0.6 is 0 Å². The van der Waals surface area contributed by atoms with Gasteiger partial charge in [-0.05, 0) is 43.8 Å². The van der Waals surface area contributed by atoms with Crippen molar-refractivity contribution < 1.29 is 4.79 Å². The number of carbonyl (C=O) groups is 1. The zero-order valence-corrected chi connectivity index (χ0v) is 13.8. The molecule has 118 valence electrons. The number of nitrogens with zero attached hydrogens (tertiary/aromatic N) is 2. The largest absolute Gasteiger partial charge is 0.349 e. The molecule has 4 nitrogen and oxygen atoms in total. The lowest BCUT2D eigenvalue weighted by molar-refractivity contribution is 0.0934. The van der Waals surface area contributed by atoms with Crippen molar-refractivity contribution in [1.82, 2.24) is 14.8 Å². The van der Waals surface area contributed by atoms with Crippen LogP contribution in [-0.4, -0.2) is 36.0 Å². The molecule has 1 atom stereocenters. The van der Waals surface area contributed by atoms with Crippen LogP contribution in [0.3, 0.4) is 0 Å². The normalized spacial score (nSPS) is 12.4. The summed E-state index contributed by atoms with van der Waals surface area (Å²) in [6.07, 6.45) is 2.92. The van der Waals surface area contributed by atoms with Crippen LogP contribution in [0.5, 0.6) is 0 Å². The third-order valence-corrected chi connectivity index (χ3v) is 4.03. The highest BCUT2D eigenvalue weighted by molar-refractivity contribution is 5.92. The average Bonchev–Trinajstić information content (AvgIpc) is 2.94. The predicted octanol–water partition coefficient (Wildman–Crippen LogP) is 2.62. The van der Waals surface area contributed by atoms with Crippen molar-refractivity contribution in [3.05, 3.63) is 59.4 Å². The lowest BCUT2D eigenvalue weighted by atomic mass is 10.0. The number of benzene rings is 1. The molecular weight excluding hydrogens is 274 g/mol. The molecule has 0 radical (unpaired) electrons. The Morgan fingerprint density at radius 2 is 1.91 bits per heavy atom. The van der Waals surface area contributed by atoms with Crippen LogP contribution in [0.1, 0.15) is 34.6 Å². The Labute approximate surface area is 132 Å². The quantitative estimate of drug-likeness (QED) is 0.890. The van der Waals surface area contributed by atoms with Crippen LogP contribution in [0.25, 0.3) is 0 Å². The smallest absolute Gasteiger partial charge is 0.267 e. The minimum absolute atomic E-state index is 0.0375. The number of carbonyl (C=O) groups excluding carboxylic acids is 1. The molecule has 1 heterocycles. The van der Waals surface area contributed by atoms with Gasteiger partial charge in [0.05, 0.1) is 6.04 Å². The summed E-state index contributed by atoms with van der Waals surface area (Å²) in [6, 6.07) is 12.5. The van der Waals surface area contributed by atoms with Gasteiger partial charge in [0.1, 0.15) is 5.69 Å². The van der Waals surface area contributed by atoms with Crippen LogP contribution in [0, 0.1) is 0 Å². The number of rotatable bonds is 6. The van der Waals surface area contributed by atoms with E-state index in [1.54, 1.807) is 0 Å². The van der Waals surface area contributed by atoms with Crippen molar-refractivity contribution >= 4 is 5.91 Å². The van der Waals surface area contributed by atoms with Crippen LogP contribution in [0.4, 0.5) is 0 Å². The fourth-order valence-electron chi connectivity index (χ4n) is 2.55. The Hall–Kier alpha value is -2.07. The summed E-state index contributed by atoms with van der Waals surface area (Å²) in [5.74, 6) is -0.0375. The van der Waals surface area contributed by atoms with Crippen molar-refractivity contribution in [2.75, 3.05) is 20.6 Å². The van der Waals surface area contributed by atoms with Gasteiger partial charge in [-0.1, -0.05) is 31.2 Å². The highest BCUT2D eigenvalue weighted by Crippen LogP contribution is 2.18. The van der Waals surface area contributed by atoms with E-state index in [1.807, 2.05) is 44.0 Å². The number of aryl methyl sites for hydroxylation is 2. The molecule has 4 heteroatoms. The first-order valence-electron chi connectivity index (χ1n) is 7.67. The van der Waals surface area contributed by atoms with Gasteiger partial charge < -0.3 is 14.8 Å². The summed E-state index contributed by atoms with van der Waals surface area (Å²) in [5, 5.41) is 3.03. The molecule has 1 unspecified atom stereocenters. The molecule has 0 bridgehead atoms. The van der Waals surface area contributed by atoms with Crippen molar-refractivity contribution in [3.63, 3.8) is 0 Å². The molecule has 1 aromatic heterocycles. The average molecular weight is 299 g/mol. The molecule has 0 saturated carbocycles. The van der Waals surface area contributed by atoms with E-state index in [2.05, 4.69) is 41.4 Å². The highest BCUT2D eigenvalue weighted by atomic mass is 16.1. The number of aromatic nitrogens is 1. The SMILES string of the molecule is CCc1ccc(C(CNC(=O)c2cccn2C)N(C)C)cc1. The van der Waals surface area contributed by atoms with Gasteiger partial charge in [-0.2, -0.15) is 0 Å². The van der Waals surface area contributed by atoms with E-state index in [-0.39, 0.29) is 11.9 Å². The molecule has 1 N–H and O–H groups in total. The first-order valence-corrected chi connectivity index (χ1v) is 7.67. The van der Waals surface area contributed by atoms with Crippen molar-refractivity contribution in [2.24, 2.45) is 7.05 Å². The fourth-order valence-corrected chi connectivity index (χ4v) is 2.55. The van der Waals surface area contributed by atoms with E-state index in [4.69, 9.17) is 0 Å². The second-order valence-electron chi connectivity index (χ2n) is 5.79. The fraction of sp³-hybridized carbons (Fsp3) is 0.389. The standard InChI is InChI=1S/C18H25N3O/c1-5-14-8-10-15(11-9-14)17(20(2)3)13-19-18(22)16-7-6-12-21(16)4/h6-12,17H,5,13H2,1-4H3,(H,19,22). The molecule has 0 aliphatic rings. The molecule has 0 aliphatic carbocycles. The molecule has 1 aromatic carbocycles. The summed E-state index contributed by atoms with van der Waals surface area (Å²) in [5.41, 5.74) is 3.22. The molecular formula is C18H25N3O. The Morgan fingerprint density at radius 3 is 2.41 bits per heavy atom. The van der Waals surface area contributed by atoms with Crippen molar-refractivity contribution in [3.8, 4) is 0 Å². The zero-order valence-electron chi connectivity index (χ0n) is 13.8. The summed E-state index contributed by atoms with van der Waals surface area (Å²) >= 11 is 0. The highest BCUT2D eigenvalue weighted by Gasteiger charge is 2.16. The van der Waals surface area contributed by atoms with E-state index in [0.29, 0.717) is 12.2 Å². The summed E-state index contributed by atoms with van der Waals surface area (Å²) in [4.78, 5) is 14.4. The Kier molecular flexibility index (Phi) is 5.39. The number of hydrogen-bond donors (Lipinski definition) is 1. The predicted molar refractivity (Wildman–Crippen MR) is 90.0 cm³/mol. The molecule has 0 aliphatic heterocycles. The Balaban J connectivity index is 2.05. The second-order valence-corrected chi connectivity index (χ2v) is 5.79. The topological polar surface area (TPSA) is 37.3 Å². The van der Waals surface area contributed by atoms with Crippen molar-refractivity contribution in [1.29, 1.82) is 0 Å². The van der Waals surface area contributed by atoms with Crippen LogP contribution in [0.2, 0.25) is 0 Å². The minimum atomic E-state index is -0.0375. The van der Waals surface area contributed by atoms with Gasteiger partial charge in [-0.15, -0.1) is 0 Å². The monoisotopic (exact) mass is 299 g/mol. The first kappa shape index (κ1) is 16.3. The van der Waals surface area contributed by atoms with E-state index in [9.17, 15) is 4.79 Å².